The number of nitrogens with one attached hydrogen (secondary N) is 1. The molecule has 5 heteroatoms. The molecule has 1 saturated heterocycles. The first-order valence-electron chi connectivity index (χ1n) is 7.50. The number of halogens is 3. The van der Waals surface area contributed by atoms with E-state index in [2.05, 4.69) is 5.32 Å². The highest BCUT2D eigenvalue weighted by Gasteiger charge is 2.34. The molecule has 2 unspecified atom stereocenters. The van der Waals surface area contributed by atoms with Crippen LogP contribution >= 0.6 is 0 Å². The Labute approximate surface area is 113 Å². The van der Waals surface area contributed by atoms with Crippen molar-refractivity contribution in [2.45, 2.75) is 63.7 Å². The normalized spacial score (nSPS) is 31.6. The molecule has 2 rings (SSSR count). The van der Waals surface area contributed by atoms with Crippen molar-refractivity contribution in [2.75, 3.05) is 19.6 Å². The molecule has 0 amide bonds. The van der Waals surface area contributed by atoms with E-state index in [1.165, 1.54) is 32.1 Å². The minimum absolute atomic E-state index is 0.148. The molecule has 2 aliphatic rings. The average Bonchev–Trinajstić information content (AvgIpc) is 2.38. The number of piperazine rings is 1. The summed E-state index contributed by atoms with van der Waals surface area (Å²) >= 11 is 0. The second-order valence-corrected chi connectivity index (χ2v) is 6.12. The molecular weight excluding hydrogens is 253 g/mol. The van der Waals surface area contributed by atoms with E-state index < -0.39 is 12.6 Å². The van der Waals surface area contributed by atoms with E-state index in [9.17, 15) is 13.2 Å². The van der Waals surface area contributed by atoms with Gasteiger partial charge in [-0.2, -0.15) is 13.2 Å². The number of nitrogens with zero attached hydrogens (tertiary/aromatic N) is 1. The Hall–Kier alpha value is -0.290. The van der Waals surface area contributed by atoms with Crippen molar-refractivity contribution in [3.05, 3.63) is 0 Å². The molecule has 1 aliphatic carbocycles. The van der Waals surface area contributed by atoms with Crippen LogP contribution in [0.1, 0.15) is 45.4 Å². The lowest BCUT2D eigenvalue weighted by Crippen LogP contribution is -2.58. The van der Waals surface area contributed by atoms with E-state index in [4.69, 9.17) is 0 Å². The third kappa shape index (κ3) is 4.63. The minimum Gasteiger partial charge on any atom is -0.311 e. The van der Waals surface area contributed by atoms with Crippen molar-refractivity contribution in [1.82, 2.24) is 10.2 Å². The fraction of sp³-hybridized carbons (Fsp3) is 1.00. The molecule has 1 saturated carbocycles. The van der Waals surface area contributed by atoms with Crippen molar-refractivity contribution in [3.63, 3.8) is 0 Å². The highest BCUT2D eigenvalue weighted by atomic mass is 19.4. The minimum atomic E-state index is -4.04. The zero-order chi connectivity index (χ0) is 13.9. The summed E-state index contributed by atoms with van der Waals surface area (Å²) in [5.74, 6) is 0.662. The van der Waals surface area contributed by atoms with E-state index >= 15 is 0 Å². The van der Waals surface area contributed by atoms with Gasteiger partial charge >= 0.3 is 6.18 Å². The molecule has 1 N–H and O–H groups in total. The molecule has 0 aromatic carbocycles. The molecule has 0 radical (unpaired) electrons. The van der Waals surface area contributed by atoms with Gasteiger partial charge in [-0.05, 0) is 25.7 Å². The first kappa shape index (κ1) is 15.1. The molecule has 19 heavy (non-hydrogen) atoms. The summed E-state index contributed by atoms with van der Waals surface area (Å²) in [5, 5.41) is 3.54. The van der Waals surface area contributed by atoms with Crippen molar-refractivity contribution in [3.8, 4) is 0 Å². The SMILES string of the molecule is CC1CNC(C2CCCCC2)CN1CCC(F)(F)F. The van der Waals surface area contributed by atoms with E-state index in [-0.39, 0.29) is 12.6 Å². The Morgan fingerprint density at radius 2 is 1.84 bits per heavy atom. The molecule has 2 atom stereocenters. The molecular formula is C14H25F3N2. The van der Waals surface area contributed by atoms with Crippen molar-refractivity contribution >= 4 is 0 Å². The summed E-state index contributed by atoms with van der Waals surface area (Å²) in [5.41, 5.74) is 0. The van der Waals surface area contributed by atoms with E-state index in [0.717, 1.165) is 13.1 Å². The second kappa shape index (κ2) is 6.44. The summed E-state index contributed by atoms with van der Waals surface area (Å²) in [6.45, 7) is 3.76. The van der Waals surface area contributed by atoms with E-state index in [0.29, 0.717) is 12.0 Å². The predicted octanol–water partition coefficient (Wildman–Crippen LogP) is 3.18. The van der Waals surface area contributed by atoms with Gasteiger partial charge in [-0.15, -0.1) is 0 Å². The van der Waals surface area contributed by atoms with Crippen LogP contribution in [0.15, 0.2) is 0 Å². The van der Waals surface area contributed by atoms with Crippen molar-refractivity contribution in [2.24, 2.45) is 5.92 Å². The predicted molar refractivity (Wildman–Crippen MR) is 70.1 cm³/mol. The van der Waals surface area contributed by atoms with Crippen LogP contribution in [0.25, 0.3) is 0 Å². The Kier molecular flexibility index (Phi) is 5.12. The van der Waals surface area contributed by atoms with Gasteiger partial charge in [0.1, 0.15) is 0 Å². The van der Waals surface area contributed by atoms with Crippen LogP contribution < -0.4 is 5.32 Å². The summed E-state index contributed by atoms with van der Waals surface area (Å²) in [6.07, 6.45) is 1.62. The number of alkyl halides is 3. The molecule has 2 fully saturated rings. The lowest BCUT2D eigenvalue weighted by molar-refractivity contribution is -0.140. The maximum Gasteiger partial charge on any atom is 0.390 e. The lowest BCUT2D eigenvalue weighted by Gasteiger charge is -2.43. The van der Waals surface area contributed by atoms with Gasteiger partial charge in [-0.3, -0.25) is 4.90 Å². The molecule has 1 aliphatic heterocycles. The van der Waals surface area contributed by atoms with Crippen LogP contribution in [0.2, 0.25) is 0 Å². The highest BCUT2D eigenvalue weighted by molar-refractivity contribution is 4.89. The van der Waals surface area contributed by atoms with E-state index in [1.807, 2.05) is 11.8 Å². The van der Waals surface area contributed by atoms with Crippen LogP contribution in [0.3, 0.4) is 0 Å². The summed E-state index contributed by atoms with van der Waals surface area (Å²) < 4.78 is 37.0. The Balaban J connectivity index is 1.84. The Morgan fingerprint density at radius 3 is 2.47 bits per heavy atom. The van der Waals surface area contributed by atoms with Gasteiger partial charge in [0.25, 0.3) is 0 Å². The number of hydrogen-bond acceptors (Lipinski definition) is 2. The first-order chi connectivity index (χ1) is 8.96. The van der Waals surface area contributed by atoms with Gasteiger partial charge in [-0.1, -0.05) is 19.3 Å². The van der Waals surface area contributed by atoms with E-state index in [1.54, 1.807) is 0 Å². The molecule has 2 nitrogen and oxygen atoms in total. The van der Waals surface area contributed by atoms with Gasteiger partial charge in [0.15, 0.2) is 0 Å². The Morgan fingerprint density at radius 1 is 1.16 bits per heavy atom. The summed E-state index contributed by atoms with van der Waals surface area (Å²) in [6, 6.07) is 0.604. The summed E-state index contributed by atoms with van der Waals surface area (Å²) in [4.78, 5) is 2.02. The van der Waals surface area contributed by atoms with Gasteiger partial charge in [0.2, 0.25) is 0 Å². The smallest absolute Gasteiger partial charge is 0.311 e. The third-order valence-corrected chi connectivity index (χ3v) is 4.63. The molecule has 1 heterocycles. The zero-order valence-corrected chi connectivity index (χ0v) is 11.7. The highest BCUT2D eigenvalue weighted by Crippen LogP contribution is 2.29. The van der Waals surface area contributed by atoms with Crippen LogP contribution in [0.5, 0.6) is 0 Å². The second-order valence-electron chi connectivity index (χ2n) is 6.12. The summed E-state index contributed by atoms with van der Waals surface area (Å²) in [7, 11) is 0. The van der Waals surface area contributed by atoms with Crippen LogP contribution in [-0.4, -0.2) is 42.8 Å². The quantitative estimate of drug-likeness (QED) is 0.853. The maximum absolute atomic E-state index is 12.3. The number of hydrogen-bond donors (Lipinski definition) is 1. The van der Waals surface area contributed by atoms with Crippen LogP contribution in [0, 0.1) is 5.92 Å². The Bertz CT molecular complexity index is 274. The first-order valence-corrected chi connectivity index (χ1v) is 7.50. The topological polar surface area (TPSA) is 15.3 Å². The standard InChI is InChI=1S/C14H25F3N2/c1-11-9-18-13(12-5-3-2-4-6-12)10-19(11)8-7-14(15,16)17/h11-13,18H,2-10H2,1H3. The van der Waals surface area contributed by atoms with Gasteiger partial charge in [-0.25, -0.2) is 0 Å². The molecule has 0 bridgehead atoms. The third-order valence-electron chi connectivity index (χ3n) is 4.63. The van der Waals surface area contributed by atoms with Gasteiger partial charge in [0, 0.05) is 31.7 Å². The van der Waals surface area contributed by atoms with Gasteiger partial charge in [0.05, 0.1) is 6.42 Å². The van der Waals surface area contributed by atoms with Crippen molar-refractivity contribution < 1.29 is 13.2 Å². The molecule has 0 aromatic rings. The molecule has 0 aromatic heterocycles. The fourth-order valence-electron chi connectivity index (χ4n) is 3.38. The van der Waals surface area contributed by atoms with Gasteiger partial charge < -0.3 is 5.32 Å². The van der Waals surface area contributed by atoms with Crippen molar-refractivity contribution in [1.29, 1.82) is 0 Å². The van der Waals surface area contributed by atoms with Crippen LogP contribution in [0.4, 0.5) is 13.2 Å². The lowest BCUT2D eigenvalue weighted by atomic mass is 9.82. The monoisotopic (exact) mass is 278 g/mol. The average molecular weight is 278 g/mol. The zero-order valence-electron chi connectivity index (χ0n) is 11.7. The fourth-order valence-corrected chi connectivity index (χ4v) is 3.38. The maximum atomic E-state index is 12.3. The van der Waals surface area contributed by atoms with Crippen LogP contribution in [-0.2, 0) is 0 Å². The largest absolute Gasteiger partial charge is 0.390 e. The number of rotatable bonds is 3. The molecule has 112 valence electrons. The molecule has 0 spiro atoms.